The van der Waals surface area contributed by atoms with Crippen LogP contribution in [-0.2, 0) is 17.6 Å². The molecule has 1 amide bonds. The number of amides is 1. The zero-order valence-electron chi connectivity index (χ0n) is 21.1. The number of rotatable bonds is 5. The lowest BCUT2D eigenvalue weighted by Crippen LogP contribution is -2.37. The van der Waals surface area contributed by atoms with Gasteiger partial charge in [0.15, 0.2) is 0 Å². The molecular formula is C28H30FN5O3. The average Bonchev–Trinajstić information content (AvgIpc) is 3.20. The van der Waals surface area contributed by atoms with Gasteiger partial charge >= 0.3 is 6.09 Å². The van der Waals surface area contributed by atoms with E-state index in [1.54, 1.807) is 17.0 Å². The van der Waals surface area contributed by atoms with Crippen molar-refractivity contribution in [2.75, 3.05) is 13.1 Å². The second-order valence-corrected chi connectivity index (χ2v) is 11.1. The minimum absolute atomic E-state index is 0.134. The van der Waals surface area contributed by atoms with Crippen molar-refractivity contribution in [3.05, 3.63) is 81.5 Å². The van der Waals surface area contributed by atoms with Crippen LogP contribution in [0.1, 0.15) is 43.5 Å². The van der Waals surface area contributed by atoms with E-state index in [0.29, 0.717) is 37.4 Å². The van der Waals surface area contributed by atoms with Gasteiger partial charge in [-0.2, -0.15) is 4.68 Å². The van der Waals surface area contributed by atoms with Gasteiger partial charge in [-0.3, -0.25) is 9.89 Å². The molecule has 8 nitrogen and oxygen atoms in total. The summed E-state index contributed by atoms with van der Waals surface area (Å²) in [6.07, 6.45) is 0.852. The number of fused-ring (bicyclic) bond motifs is 2. The second kappa shape index (κ2) is 8.61. The molecule has 1 saturated heterocycles. The fourth-order valence-electron chi connectivity index (χ4n) is 5.55. The number of para-hydroxylation sites is 2. The number of aromatic nitrogens is 4. The molecule has 1 unspecified atom stereocenters. The third-order valence-electron chi connectivity index (χ3n) is 7.36. The van der Waals surface area contributed by atoms with Gasteiger partial charge in [0.25, 0.3) is 5.56 Å². The van der Waals surface area contributed by atoms with Crippen LogP contribution in [0.4, 0.5) is 9.18 Å². The van der Waals surface area contributed by atoms with Gasteiger partial charge in [0.05, 0.1) is 11.0 Å². The van der Waals surface area contributed by atoms with Gasteiger partial charge in [0.1, 0.15) is 11.4 Å². The van der Waals surface area contributed by atoms with E-state index in [1.807, 2.05) is 45.0 Å². The molecular weight excluding hydrogens is 473 g/mol. The summed E-state index contributed by atoms with van der Waals surface area (Å²) in [6, 6.07) is 14.0. The maximum absolute atomic E-state index is 13.7. The number of likely N-dealkylation sites (tertiary alicyclic amines) is 1. The van der Waals surface area contributed by atoms with Gasteiger partial charge in [0.2, 0.25) is 5.95 Å². The first-order valence-electron chi connectivity index (χ1n) is 12.7. The number of piperidine rings is 1. The summed E-state index contributed by atoms with van der Waals surface area (Å²) in [5.41, 5.74) is 3.56. The van der Waals surface area contributed by atoms with Gasteiger partial charge in [-0.25, -0.2) is 14.2 Å². The Balaban J connectivity index is 1.29. The van der Waals surface area contributed by atoms with Crippen LogP contribution in [0.25, 0.3) is 17.0 Å². The number of hydrogen-bond donors (Lipinski definition) is 2. The van der Waals surface area contributed by atoms with E-state index in [-0.39, 0.29) is 35.2 Å². The Hall–Kier alpha value is -3.88. The van der Waals surface area contributed by atoms with Crippen molar-refractivity contribution in [1.82, 2.24) is 24.6 Å². The number of benzene rings is 2. The molecule has 1 aliphatic heterocycles. The lowest BCUT2D eigenvalue weighted by molar-refractivity contribution is 0.0270. The van der Waals surface area contributed by atoms with E-state index in [1.165, 1.54) is 16.8 Å². The highest BCUT2D eigenvalue weighted by Crippen LogP contribution is 2.58. The van der Waals surface area contributed by atoms with Crippen molar-refractivity contribution in [3.63, 3.8) is 0 Å². The summed E-state index contributed by atoms with van der Waals surface area (Å²) in [4.78, 5) is 35.8. The molecule has 1 saturated carbocycles. The number of hydrogen-bond acceptors (Lipinski definition) is 4. The quantitative estimate of drug-likeness (QED) is 0.418. The van der Waals surface area contributed by atoms with Gasteiger partial charge < -0.3 is 14.6 Å². The summed E-state index contributed by atoms with van der Waals surface area (Å²) in [5.74, 6) is 0.888. The van der Waals surface area contributed by atoms with Crippen LogP contribution in [0.2, 0.25) is 0 Å². The molecule has 4 aromatic rings. The monoisotopic (exact) mass is 503 g/mol. The predicted molar refractivity (Wildman–Crippen MR) is 137 cm³/mol. The summed E-state index contributed by atoms with van der Waals surface area (Å²) in [6.45, 7) is 6.81. The number of aryl methyl sites for hydroxylation is 1. The maximum Gasteiger partial charge on any atom is 0.410 e. The van der Waals surface area contributed by atoms with Crippen LogP contribution in [0.5, 0.6) is 0 Å². The first-order valence-corrected chi connectivity index (χ1v) is 12.7. The lowest BCUT2D eigenvalue weighted by atomic mass is 10.0. The fourth-order valence-corrected chi connectivity index (χ4v) is 5.55. The highest BCUT2D eigenvalue weighted by Gasteiger charge is 2.59. The number of carbonyl (C=O) groups is 1. The highest BCUT2D eigenvalue weighted by molar-refractivity contribution is 5.76. The highest BCUT2D eigenvalue weighted by atomic mass is 19.1. The first-order chi connectivity index (χ1) is 17.7. The Morgan fingerprint density at radius 2 is 1.78 bits per heavy atom. The summed E-state index contributed by atoms with van der Waals surface area (Å²) in [5, 5.41) is 3.36. The molecule has 2 N–H and O–H groups in total. The van der Waals surface area contributed by atoms with E-state index in [9.17, 15) is 14.0 Å². The van der Waals surface area contributed by atoms with Crippen molar-refractivity contribution in [1.29, 1.82) is 0 Å². The third kappa shape index (κ3) is 4.43. The van der Waals surface area contributed by atoms with Crippen LogP contribution < -0.4 is 5.56 Å². The van der Waals surface area contributed by atoms with Crippen molar-refractivity contribution >= 4 is 17.1 Å². The number of aromatic amines is 2. The molecule has 2 aliphatic rings. The Labute approximate surface area is 213 Å². The molecule has 6 rings (SSSR count). The van der Waals surface area contributed by atoms with E-state index in [0.717, 1.165) is 22.3 Å². The summed E-state index contributed by atoms with van der Waals surface area (Å²) < 4.78 is 20.4. The van der Waals surface area contributed by atoms with Crippen LogP contribution in [0.3, 0.4) is 0 Å². The first kappa shape index (κ1) is 23.5. The number of nitrogens with one attached hydrogen (secondary N) is 2. The molecule has 192 valence electrons. The molecule has 2 fully saturated rings. The molecule has 9 heteroatoms. The third-order valence-corrected chi connectivity index (χ3v) is 7.36. The van der Waals surface area contributed by atoms with Crippen LogP contribution >= 0.6 is 0 Å². The number of ether oxygens (including phenoxy) is 1. The minimum Gasteiger partial charge on any atom is -0.444 e. The van der Waals surface area contributed by atoms with Crippen molar-refractivity contribution < 1.29 is 13.9 Å². The number of imidazole rings is 1. The van der Waals surface area contributed by atoms with Crippen LogP contribution in [-0.4, -0.2) is 49.4 Å². The molecule has 0 radical (unpaired) electrons. The molecule has 2 aromatic heterocycles. The van der Waals surface area contributed by atoms with Crippen molar-refractivity contribution in [2.24, 2.45) is 11.8 Å². The van der Waals surface area contributed by atoms with E-state index < -0.39 is 5.60 Å². The second-order valence-electron chi connectivity index (χ2n) is 11.1. The van der Waals surface area contributed by atoms with Gasteiger partial charge in [-0.15, -0.1) is 0 Å². The van der Waals surface area contributed by atoms with E-state index in [2.05, 4.69) is 15.1 Å². The molecule has 1 aliphatic carbocycles. The Bertz CT molecular complexity index is 1480. The Kier molecular flexibility index (Phi) is 5.47. The number of nitrogens with zero attached hydrogens (tertiary/aromatic N) is 3. The van der Waals surface area contributed by atoms with Crippen LogP contribution in [0.15, 0.2) is 53.3 Å². The number of H-pyrrole nitrogens is 2. The van der Waals surface area contributed by atoms with Crippen LogP contribution in [0, 0.1) is 17.7 Å². The molecule has 0 spiro atoms. The molecule has 37 heavy (non-hydrogen) atoms. The normalized spacial score (nSPS) is 20.9. The average molecular weight is 504 g/mol. The zero-order valence-corrected chi connectivity index (χ0v) is 21.1. The number of carbonyl (C=O) groups excluding carboxylic acids is 1. The van der Waals surface area contributed by atoms with E-state index in [4.69, 9.17) is 4.74 Å². The van der Waals surface area contributed by atoms with Crippen molar-refractivity contribution in [2.45, 2.75) is 45.1 Å². The zero-order chi connectivity index (χ0) is 25.9. The standard InChI is InChI=1S/C28H30FN5O3/c1-28(2,3)37-27(36)33-14-19-20(15-33)23(19)24-18(13-10-16-8-11-17(29)12-9-16)25(35)34(32-24)26-30-21-6-4-5-7-22(21)31-26/h4-9,11-12,19-20,23,32H,10,13-15H2,1-3H3,(H,30,31)/t19-,20+,23?. The topological polar surface area (TPSA) is 96.0 Å². The molecule has 3 heterocycles. The lowest BCUT2D eigenvalue weighted by Gasteiger charge is -2.25. The minimum atomic E-state index is -0.536. The maximum atomic E-state index is 13.7. The largest absolute Gasteiger partial charge is 0.444 e. The van der Waals surface area contributed by atoms with Gasteiger partial charge in [0, 0.05) is 30.3 Å². The SMILES string of the molecule is CC(C)(C)OC(=O)N1C[C@@H]2C(c3[nH]n(-c4nc5ccccc5[nH]4)c(=O)c3CCc3ccc(F)cc3)[C@@H]2C1. The summed E-state index contributed by atoms with van der Waals surface area (Å²) in [7, 11) is 0. The molecule has 2 aromatic carbocycles. The van der Waals surface area contributed by atoms with Crippen molar-refractivity contribution in [3.8, 4) is 5.95 Å². The number of halogens is 1. The van der Waals surface area contributed by atoms with Gasteiger partial charge in [-0.05, 0) is 75.3 Å². The van der Waals surface area contributed by atoms with E-state index >= 15 is 0 Å². The smallest absolute Gasteiger partial charge is 0.410 e. The predicted octanol–water partition coefficient (Wildman–Crippen LogP) is 4.55. The van der Waals surface area contributed by atoms with Gasteiger partial charge in [-0.1, -0.05) is 24.3 Å². The molecule has 0 bridgehead atoms. The Morgan fingerprint density at radius 3 is 2.46 bits per heavy atom. The molecule has 3 atom stereocenters. The Morgan fingerprint density at radius 1 is 1.08 bits per heavy atom. The summed E-state index contributed by atoms with van der Waals surface area (Å²) >= 11 is 0. The fraction of sp³-hybridized carbons (Fsp3) is 0.393.